The first-order valence-corrected chi connectivity index (χ1v) is 9.35. The van der Waals surface area contributed by atoms with Crippen molar-refractivity contribution in [3.05, 3.63) is 65.9 Å². The number of carbonyl (C=O) groups is 1. The third-order valence-electron chi connectivity index (χ3n) is 5.09. The van der Waals surface area contributed by atoms with Gasteiger partial charge in [0, 0.05) is 37.4 Å². The molecule has 0 spiro atoms. The van der Waals surface area contributed by atoms with Crippen molar-refractivity contribution in [2.24, 2.45) is 0 Å². The Bertz CT molecular complexity index is 854. The Kier molecular flexibility index (Phi) is 5.12. The Hall–Kier alpha value is -2.79. The van der Waals surface area contributed by atoms with Crippen LogP contribution in [0, 0.1) is 6.92 Å². The minimum Gasteiger partial charge on any atom is -0.485 e. The molecule has 0 radical (unpaired) electrons. The molecule has 5 heteroatoms. The van der Waals surface area contributed by atoms with Crippen LogP contribution in [0.15, 0.2) is 54.8 Å². The quantitative estimate of drug-likeness (QED) is 0.779. The van der Waals surface area contributed by atoms with Gasteiger partial charge in [-0.1, -0.05) is 18.2 Å². The Morgan fingerprint density at radius 2 is 1.85 bits per heavy atom. The Morgan fingerprint density at radius 1 is 1.04 bits per heavy atom. The highest BCUT2D eigenvalue weighted by Crippen LogP contribution is 2.30. The van der Waals surface area contributed by atoms with Crippen LogP contribution in [-0.2, 0) is 0 Å². The van der Waals surface area contributed by atoms with Crippen LogP contribution in [0.1, 0.15) is 15.9 Å². The van der Waals surface area contributed by atoms with Gasteiger partial charge in [-0.25, -0.2) is 0 Å². The predicted octanol–water partition coefficient (Wildman–Crippen LogP) is 3.28. The van der Waals surface area contributed by atoms with E-state index in [1.807, 2.05) is 12.1 Å². The van der Waals surface area contributed by atoms with Gasteiger partial charge in [0.05, 0.1) is 12.8 Å². The minimum atomic E-state index is 0.110. The first kappa shape index (κ1) is 17.6. The average Bonchev–Trinajstić information content (AvgIpc) is 2.94. The van der Waals surface area contributed by atoms with E-state index < -0.39 is 0 Å². The number of piperazine rings is 1. The van der Waals surface area contributed by atoms with Crippen LogP contribution in [0.25, 0.3) is 0 Å². The molecule has 0 aromatic heterocycles. The predicted molar refractivity (Wildman–Crippen MR) is 106 cm³/mol. The molecular weight excluding hydrogens is 340 g/mol. The Balaban J connectivity index is 1.36. The number of fused-ring (bicyclic) bond motifs is 1. The van der Waals surface area contributed by atoms with Crippen molar-refractivity contribution in [2.75, 3.05) is 44.2 Å². The number of Topliss-reactive ketones (excluding diaryl/α,β-unsaturated/α-hetero) is 1. The lowest BCUT2D eigenvalue weighted by Gasteiger charge is -2.36. The van der Waals surface area contributed by atoms with E-state index in [0.29, 0.717) is 30.2 Å². The fourth-order valence-corrected chi connectivity index (χ4v) is 3.55. The standard InChI is InChI=1S/C22H24N2O3/c1-17-5-2-3-6-19(17)24-11-9-23(10-12-24)16-20(25)18-7-8-21-22(15-18)27-14-4-13-26-21/h2-8,14-15H,9-13,16H2,1H3. The van der Waals surface area contributed by atoms with Gasteiger partial charge in [-0.05, 0) is 42.8 Å². The summed E-state index contributed by atoms with van der Waals surface area (Å²) in [7, 11) is 0. The lowest BCUT2D eigenvalue weighted by Crippen LogP contribution is -2.48. The number of nitrogens with zero attached hydrogens (tertiary/aromatic N) is 2. The number of hydrogen-bond acceptors (Lipinski definition) is 5. The van der Waals surface area contributed by atoms with Crippen molar-refractivity contribution in [3.8, 4) is 11.5 Å². The summed E-state index contributed by atoms with van der Waals surface area (Å²) in [4.78, 5) is 17.3. The third-order valence-corrected chi connectivity index (χ3v) is 5.09. The highest BCUT2D eigenvalue weighted by molar-refractivity contribution is 5.98. The normalized spacial score (nSPS) is 16.9. The number of ether oxygens (including phenoxy) is 2. The molecule has 0 atom stereocenters. The Labute approximate surface area is 159 Å². The summed E-state index contributed by atoms with van der Waals surface area (Å²) in [6.07, 6.45) is 3.40. The molecule has 5 nitrogen and oxygen atoms in total. The molecule has 2 aliphatic heterocycles. The van der Waals surface area contributed by atoms with Gasteiger partial charge in [0.2, 0.25) is 0 Å². The molecule has 0 unspecified atom stereocenters. The highest BCUT2D eigenvalue weighted by atomic mass is 16.5. The van der Waals surface area contributed by atoms with E-state index >= 15 is 0 Å². The van der Waals surface area contributed by atoms with E-state index in [2.05, 4.69) is 41.0 Å². The lowest BCUT2D eigenvalue weighted by atomic mass is 10.1. The second kappa shape index (κ2) is 7.84. The van der Waals surface area contributed by atoms with Crippen LogP contribution >= 0.6 is 0 Å². The summed E-state index contributed by atoms with van der Waals surface area (Å²) in [6.45, 7) is 6.68. The number of ketones is 1. The maximum Gasteiger partial charge on any atom is 0.176 e. The third kappa shape index (κ3) is 3.98. The largest absolute Gasteiger partial charge is 0.485 e. The number of para-hydroxylation sites is 1. The van der Waals surface area contributed by atoms with Gasteiger partial charge < -0.3 is 14.4 Å². The minimum absolute atomic E-state index is 0.110. The van der Waals surface area contributed by atoms with Crippen molar-refractivity contribution < 1.29 is 14.3 Å². The van der Waals surface area contributed by atoms with E-state index in [-0.39, 0.29) is 5.78 Å². The van der Waals surface area contributed by atoms with Crippen LogP contribution in [0.3, 0.4) is 0 Å². The molecule has 0 bridgehead atoms. The van der Waals surface area contributed by atoms with Crippen molar-refractivity contribution in [1.29, 1.82) is 0 Å². The van der Waals surface area contributed by atoms with E-state index in [4.69, 9.17) is 9.47 Å². The number of aryl methyl sites for hydroxylation is 1. The van der Waals surface area contributed by atoms with E-state index in [1.165, 1.54) is 11.3 Å². The van der Waals surface area contributed by atoms with Crippen LogP contribution < -0.4 is 14.4 Å². The fourth-order valence-electron chi connectivity index (χ4n) is 3.55. The van der Waals surface area contributed by atoms with Gasteiger partial charge in [-0.15, -0.1) is 0 Å². The first-order valence-electron chi connectivity index (χ1n) is 9.35. The van der Waals surface area contributed by atoms with Gasteiger partial charge in [-0.3, -0.25) is 9.69 Å². The molecule has 0 N–H and O–H groups in total. The SMILES string of the molecule is Cc1ccccc1N1CCN(CC(=O)c2ccc3c(c2)OC=CCO3)CC1. The molecule has 0 saturated carbocycles. The maximum atomic E-state index is 12.7. The van der Waals surface area contributed by atoms with Gasteiger partial charge in [0.15, 0.2) is 17.3 Å². The van der Waals surface area contributed by atoms with Gasteiger partial charge in [-0.2, -0.15) is 0 Å². The molecule has 0 amide bonds. The van der Waals surface area contributed by atoms with Gasteiger partial charge in [0.25, 0.3) is 0 Å². The maximum absolute atomic E-state index is 12.7. The summed E-state index contributed by atoms with van der Waals surface area (Å²) in [6, 6.07) is 13.9. The average molecular weight is 364 g/mol. The molecule has 2 aliphatic rings. The zero-order chi connectivity index (χ0) is 18.6. The van der Waals surface area contributed by atoms with Crippen molar-refractivity contribution in [2.45, 2.75) is 6.92 Å². The molecular formula is C22H24N2O3. The summed E-state index contributed by atoms with van der Waals surface area (Å²) in [5, 5.41) is 0. The monoisotopic (exact) mass is 364 g/mol. The van der Waals surface area contributed by atoms with Crippen molar-refractivity contribution in [1.82, 2.24) is 4.90 Å². The van der Waals surface area contributed by atoms with Crippen LogP contribution in [0.2, 0.25) is 0 Å². The molecule has 140 valence electrons. The van der Waals surface area contributed by atoms with Crippen LogP contribution in [0.4, 0.5) is 5.69 Å². The van der Waals surface area contributed by atoms with E-state index in [9.17, 15) is 4.79 Å². The second-order valence-corrected chi connectivity index (χ2v) is 6.94. The topological polar surface area (TPSA) is 42.0 Å². The first-order chi connectivity index (χ1) is 13.2. The molecule has 2 aromatic carbocycles. The number of anilines is 1. The summed E-state index contributed by atoms with van der Waals surface area (Å²) >= 11 is 0. The van der Waals surface area contributed by atoms with Gasteiger partial charge in [0.1, 0.15) is 6.61 Å². The van der Waals surface area contributed by atoms with E-state index in [1.54, 1.807) is 18.4 Å². The molecule has 0 aliphatic carbocycles. The lowest BCUT2D eigenvalue weighted by molar-refractivity contribution is 0.0926. The molecule has 27 heavy (non-hydrogen) atoms. The van der Waals surface area contributed by atoms with Gasteiger partial charge >= 0.3 is 0 Å². The highest BCUT2D eigenvalue weighted by Gasteiger charge is 2.21. The smallest absolute Gasteiger partial charge is 0.176 e. The van der Waals surface area contributed by atoms with Crippen LogP contribution in [0.5, 0.6) is 11.5 Å². The molecule has 2 heterocycles. The number of carbonyl (C=O) groups excluding carboxylic acids is 1. The summed E-state index contributed by atoms with van der Waals surface area (Å²) in [5.74, 6) is 1.38. The van der Waals surface area contributed by atoms with Crippen molar-refractivity contribution >= 4 is 11.5 Å². The number of hydrogen-bond donors (Lipinski definition) is 0. The van der Waals surface area contributed by atoms with Crippen LogP contribution in [-0.4, -0.2) is 50.0 Å². The number of benzene rings is 2. The second-order valence-electron chi connectivity index (χ2n) is 6.94. The fraction of sp³-hybridized carbons (Fsp3) is 0.318. The van der Waals surface area contributed by atoms with Crippen molar-refractivity contribution in [3.63, 3.8) is 0 Å². The zero-order valence-electron chi connectivity index (χ0n) is 15.6. The Morgan fingerprint density at radius 3 is 2.67 bits per heavy atom. The number of rotatable bonds is 4. The molecule has 1 saturated heterocycles. The summed E-state index contributed by atoms with van der Waals surface area (Å²) < 4.78 is 11.1. The molecule has 2 aromatic rings. The molecule has 4 rings (SSSR count). The summed E-state index contributed by atoms with van der Waals surface area (Å²) in [5.41, 5.74) is 3.25. The van der Waals surface area contributed by atoms with E-state index in [0.717, 1.165) is 26.2 Å². The zero-order valence-corrected chi connectivity index (χ0v) is 15.6. The molecule has 1 fully saturated rings.